The van der Waals surface area contributed by atoms with Crippen molar-refractivity contribution < 1.29 is 9.53 Å². The van der Waals surface area contributed by atoms with Crippen LogP contribution in [0.4, 0.5) is 10.5 Å². The summed E-state index contributed by atoms with van der Waals surface area (Å²) >= 11 is 0. The third kappa shape index (κ3) is 3.18. The van der Waals surface area contributed by atoms with E-state index in [-0.39, 0.29) is 6.03 Å². The summed E-state index contributed by atoms with van der Waals surface area (Å²) in [7, 11) is 1.59. The first-order valence-electron chi connectivity index (χ1n) is 5.68. The summed E-state index contributed by atoms with van der Waals surface area (Å²) in [6.45, 7) is 0.965. The van der Waals surface area contributed by atoms with Crippen LogP contribution in [0.15, 0.2) is 36.5 Å². The van der Waals surface area contributed by atoms with Crippen LogP contribution >= 0.6 is 0 Å². The highest BCUT2D eigenvalue weighted by Gasteiger charge is 2.02. The summed E-state index contributed by atoms with van der Waals surface area (Å²) in [5.41, 5.74) is 1.58. The number of carbonyl (C=O) groups excluding carboxylic acids is 1. The van der Waals surface area contributed by atoms with Gasteiger partial charge in [-0.2, -0.15) is 0 Å². The largest absolute Gasteiger partial charge is 0.383 e. The number of anilines is 1. The fourth-order valence-corrected chi connectivity index (χ4v) is 1.58. The standard InChI is InChI=1S/C13H15N3O2/c1-18-7-6-14-13(17)16-11-8-10-4-2-3-5-12(10)15-9-11/h2-5,8-9H,6-7H2,1H3,(H2,14,16,17). The van der Waals surface area contributed by atoms with Gasteiger partial charge in [0.05, 0.1) is 24.0 Å². The van der Waals surface area contributed by atoms with E-state index < -0.39 is 0 Å². The van der Waals surface area contributed by atoms with Gasteiger partial charge in [0, 0.05) is 19.0 Å². The number of benzene rings is 1. The zero-order chi connectivity index (χ0) is 12.8. The normalized spacial score (nSPS) is 10.3. The van der Waals surface area contributed by atoms with Gasteiger partial charge in [0.1, 0.15) is 0 Å². The number of pyridine rings is 1. The van der Waals surface area contributed by atoms with Gasteiger partial charge in [0.15, 0.2) is 0 Å². The highest BCUT2D eigenvalue weighted by molar-refractivity contribution is 5.91. The lowest BCUT2D eigenvalue weighted by Gasteiger charge is -2.07. The molecule has 18 heavy (non-hydrogen) atoms. The van der Waals surface area contributed by atoms with Gasteiger partial charge in [0.2, 0.25) is 0 Å². The quantitative estimate of drug-likeness (QED) is 0.810. The van der Waals surface area contributed by atoms with Crippen LogP contribution in [0.25, 0.3) is 10.9 Å². The Bertz CT molecular complexity index is 543. The molecule has 5 nitrogen and oxygen atoms in total. The number of nitrogens with zero attached hydrogens (tertiary/aromatic N) is 1. The van der Waals surface area contributed by atoms with Gasteiger partial charge in [-0.25, -0.2) is 4.79 Å². The molecular weight excluding hydrogens is 230 g/mol. The molecule has 0 aliphatic heterocycles. The van der Waals surface area contributed by atoms with E-state index in [9.17, 15) is 4.79 Å². The lowest BCUT2D eigenvalue weighted by atomic mass is 10.2. The van der Waals surface area contributed by atoms with E-state index in [4.69, 9.17) is 4.74 Å². The van der Waals surface area contributed by atoms with Crippen molar-refractivity contribution in [1.82, 2.24) is 10.3 Å². The van der Waals surface area contributed by atoms with E-state index >= 15 is 0 Å². The van der Waals surface area contributed by atoms with Crippen molar-refractivity contribution in [1.29, 1.82) is 0 Å². The monoisotopic (exact) mass is 245 g/mol. The molecule has 0 atom stereocenters. The lowest BCUT2D eigenvalue weighted by molar-refractivity contribution is 0.198. The zero-order valence-electron chi connectivity index (χ0n) is 10.1. The molecule has 2 rings (SSSR count). The number of ether oxygens (including phenoxy) is 1. The van der Waals surface area contributed by atoms with Gasteiger partial charge in [-0.3, -0.25) is 4.98 Å². The molecule has 2 N–H and O–H groups in total. The number of methoxy groups -OCH3 is 1. The van der Waals surface area contributed by atoms with Gasteiger partial charge in [-0.05, 0) is 12.1 Å². The SMILES string of the molecule is COCCNC(=O)Nc1cnc2ccccc2c1. The Morgan fingerprint density at radius 3 is 3.06 bits per heavy atom. The second kappa shape index (κ2) is 5.97. The summed E-state index contributed by atoms with van der Waals surface area (Å²) in [6.07, 6.45) is 1.64. The van der Waals surface area contributed by atoms with Crippen molar-refractivity contribution in [3.05, 3.63) is 36.5 Å². The molecule has 0 radical (unpaired) electrons. The van der Waals surface area contributed by atoms with E-state index in [0.29, 0.717) is 18.8 Å². The molecule has 0 aliphatic carbocycles. The summed E-state index contributed by atoms with van der Waals surface area (Å²) < 4.78 is 4.85. The minimum atomic E-state index is -0.260. The molecule has 1 heterocycles. The maximum atomic E-state index is 11.5. The molecule has 0 spiro atoms. The number of aromatic nitrogens is 1. The van der Waals surface area contributed by atoms with Crippen LogP contribution in [0, 0.1) is 0 Å². The van der Waals surface area contributed by atoms with Crippen LogP contribution in [0.1, 0.15) is 0 Å². The van der Waals surface area contributed by atoms with Crippen molar-refractivity contribution in [3.8, 4) is 0 Å². The molecule has 0 bridgehead atoms. The molecule has 0 unspecified atom stereocenters. The predicted octanol–water partition coefficient (Wildman–Crippen LogP) is 2.00. The van der Waals surface area contributed by atoms with Crippen molar-refractivity contribution in [2.45, 2.75) is 0 Å². The lowest BCUT2D eigenvalue weighted by Crippen LogP contribution is -2.31. The number of fused-ring (bicyclic) bond motifs is 1. The number of urea groups is 1. The number of carbonyl (C=O) groups is 1. The summed E-state index contributed by atoms with van der Waals surface area (Å²) in [6, 6.07) is 9.38. The zero-order valence-corrected chi connectivity index (χ0v) is 10.1. The van der Waals surface area contributed by atoms with Crippen molar-refractivity contribution >= 4 is 22.6 Å². The number of rotatable bonds is 4. The molecular formula is C13H15N3O2. The van der Waals surface area contributed by atoms with E-state index in [1.165, 1.54) is 0 Å². The Morgan fingerprint density at radius 1 is 1.39 bits per heavy atom. The minimum Gasteiger partial charge on any atom is -0.383 e. The molecule has 1 aromatic carbocycles. The van der Waals surface area contributed by atoms with Gasteiger partial charge in [-0.15, -0.1) is 0 Å². The Morgan fingerprint density at radius 2 is 2.22 bits per heavy atom. The fraction of sp³-hybridized carbons (Fsp3) is 0.231. The molecule has 0 aliphatic rings. The molecule has 0 saturated carbocycles. The molecule has 5 heteroatoms. The van der Waals surface area contributed by atoms with Crippen LogP contribution in [-0.2, 0) is 4.74 Å². The molecule has 0 saturated heterocycles. The number of para-hydroxylation sites is 1. The second-order valence-corrected chi connectivity index (χ2v) is 3.79. The van der Waals surface area contributed by atoms with Gasteiger partial charge < -0.3 is 15.4 Å². The Kier molecular flexibility index (Phi) is 4.09. The first-order valence-corrected chi connectivity index (χ1v) is 5.68. The number of hydrogen-bond donors (Lipinski definition) is 2. The van der Waals surface area contributed by atoms with Crippen LogP contribution < -0.4 is 10.6 Å². The van der Waals surface area contributed by atoms with E-state index in [1.807, 2.05) is 30.3 Å². The van der Waals surface area contributed by atoms with Gasteiger partial charge in [0.25, 0.3) is 0 Å². The topological polar surface area (TPSA) is 63.2 Å². The van der Waals surface area contributed by atoms with Gasteiger partial charge >= 0.3 is 6.03 Å². The van der Waals surface area contributed by atoms with Crippen molar-refractivity contribution in [2.24, 2.45) is 0 Å². The number of nitrogens with one attached hydrogen (secondary N) is 2. The highest BCUT2D eigenvalue weighted by atomic mass is 16.5. The Hall–Kier alpha value is -2.14. The van der Waals surface area contributed by atoms with E-state index in [1.54, 1.807) is 13.3 Å². The first-order chi connectivity index (χ1) is 8.79. The van der Waals surface area contributed by atoms with Crippen LogP contribution in [0.5, 0.6) is 0 Å². The molecule has 0 fully saturated rings. The van der Waals surface area contributed by atoms with Crippen LogP contribution in [0.2, 0.25) is 0 Å². The van der Waals surface area contributed by atoms with Crippen LogP contribution in [0.3, 0.4) is 0 Å². The molecule has 1 aromatic heterocycles. The first kappa shape index (κ1) is 12.3. The van der Waals surface area contributed by atoms with Gasteiger partial charge in [-0.1, -0.05) is 18.2 Å². The van der Waals surface area contributed by atoms with Crippen molar-refractivity contribution in [3.63, 3.8) is 0 Å². The minimum absolute atomic E-state index is 0.260. The Labute approximate surface area is 105 Å². The second-order valence-electron chi connectivity index (χ2n) is 3.79. The summed E-state index contributed by atoms with van der Waals surface area (Å²) in [5.74, 6) is 0. The maximum absolute atomic E-state index is 11.5. The fourth-order valence-electron chi connectivity index (χ4n) is 1.58. The maximum Gasteiger partial charge on any atom is 0.319 e. The third-order valence-corrected chi connectivity index (χ3v) is 2.44. The molecule has 94 valence electrons. The summed E-state index contributed by atoms with van der Waals surface area (Å²) in [5, 5.41) is 6.39. The third-order valence-electron chi connectivity index (χ3n) is 2.44. The highest BCUT2D eigenvalue weighted by Crippen LogP contribution is 2.15. The average molecular weight is 245 g/mol. The average Bonchev–Trinajstić information content (AvgIpc) is 2.39. The predicted molar refractivity (Wildman–Crippen MR) is 70.6 cm³/mol. The molecule has 2 aromatic rings. The van der Waals surface area contributed by atoms with Crippen molar-refractivity contribution in [2.75, 3.05) is 25.6 Å². The summed E-state index contributed by atoms with van der Waals surface area (Å²) in [4.78, 5) is 15.8. The number of hydrogen-bond acceptors (Lipinski definition) is 3. The Balaban J connectivity index is 2.01. The van der Waals surface area contributed by atoms with E-state index in [0.717, 1.165) is 10.9 Å². The number of amides is 2. The molecule has 2 amide bonds. The van der Waals surface area contributed by atoms with E-state index in [2.05, 4.69) is 15.6 Å². The smallest absolute Gasteiger partial charge is 0.319 e. The van der Waals surface area contributed by atoms with Crippen LogP contribution in [-0.4, -0.2) is 31.3 Å².